The third-order valence-corrected chi connectivity index (χ3v) is 6.54. The molecule has 0 N–H and O–H groups in total. The molecular weight excluding hydrogens is 441 g/mol. The Labute approximate surface area is 197 Å². The van der Waals surface area contributed by atoms with Crippen LogP contribution in [0.2, 0.25) is 10.0 Å². The van der Waals surface area contributed by atoms with E-state index in [1.54, 1.807) is 29.5 Å². The van der Waals surface area contributed by atoms with Gasteiger partial charge in [-0.2, -0.15) is 5.10 Å². The molecule has 0 unspecified atom stereocenters. The van der Waals surface area contributed by atoms with Gasteiger partial charge in [0.1, 0.15) is 0 Å². The number of aromatic nitrogens is 1. The molecule has 160 valence electrons. The van der Waals surface area contributed by atoms with E-state index in [-0.39, 0.29) is 17.9 Å². The molecule has 4 nitrogen and oxygen atoms in total. The molecular formula is C26H21Cl2N3O. The minimum Gasteiger partial charge on any atom is -0.267 e. The van der Waals surface area contributed by atoms with Gasteiger partial charge in [-0.3, -0.25) is 9.78 Å². The fraction of sp³-hybridized carbons (Fsp3) is 0.192. The fourth-order valence-corrected chi connectivity index (χ4v) is 4.79. The standard InChI is InChI=1S/C26H21Cl2N3O/c27-21-10-6-17(7-11-21)15-19-3-1-5-23-24(19)30-31(26(32)20-4-2-14-29-16-20)25(23)18-8-12-22(28)13-9-18/h2,4,6-16,23,25H,1,3,5H2/b19-15-/t23-,25+/m0/s1. The van der Waals surface area contributed by atoms with Crippen LogP contribution in [0.3, 0.4) is 0 Å². The molecule has 2 heterocycles. The van der Waals surface area contributed by atoms with Gasteiger partial charge >= 0.3 is 0 Å². The van der Waals surface area contributed by atoms with Gasteiger partial charge in [0, 0.05) is 28.4 Å². The van der Waals surface area contributed by atoms with Gasteiger partial charge in [0.25, 0.3) is 5.91 Å². The highest BCUT2D eigenvalue weighted by Gasteiger charge is 2.43. The Hall–Kier alpha value is -2.95. The maximum absolute atomic E-state index is 13.5. The molecule has 1 aliphatic carbocycles. The van der Waals surface area contributed by atoms with Crippen LogP contribution in [0.5, 0.6) is 0 Å². The first-order chi connectivity index (χ1) is 15.6. The van der Waals surface area contributed by atoms with Crippen molar-refractivity contribution in [3.63, 3.8) is 0 Å². The van der Waals surface area contributed by atoms with Crippen molar-refractivity contribution in [1.29, 1.82) is 0 Å². The lowest BCUT2D eigenvalue weighted by Crippen LogP contribution is -2.32. The van der Waals surface area contributed by atoms with Gasteiger partial charge in [-0.25, -0.2) is 5.01 Å². The molecule has 1 saturated carbocycles. The zero-order valence-electron chi connectivity index (χ0n) is 17.3. The minimum absolute atomic E-state index is 0.129. The molecule has 6 heteroatoms. The van der Waals surface area contributed by atoms with Gasteiger partial charge in [0.05, 0.1) is 17.3 Å². The minimum atomic E-state index is -0.177. The highest BCUT2D eigenvalue weighted by Crippen LogP contribution is 2.45. The summed E-state index contributed by atoms with van der Waals surface area (Å²) in [6, 6.07) is 18.9. The Balaban J connectivity index is 1.57. The quantitative estimate of drug-likeness (QED) is 0.429. The molecule has 5 rings (SSSR count). The van der Waals surface area contributed by atoms with Crippen molar-refractivity contribution in [2.45, 2.75) is 25.3 Å². The largest absolute Gasteiger partial charge is 0.276 e. The van der Waals surface area contributed by atoms with E-state index in [0.717, 1.165) is 36.1 Å². The summed E-state index contributed by atoms with van der Waals surface area (Å²) >= 11 is 12.2. The predicted molar refractivity (Wildman–Crippen MR) is 129 cm³/mol. The number of carbonyl (C=O) groups is 1. The Morgan fingerprint density at radius 1 is 1.00 bits per heavy atom. The molecule has 0 saturated heterocycles. The van der Waals surface area contributed by atoms with E-state index in [1.165, 1.54) is 5.57 Å². The van der Waals surface area contributed by atoms with Crippen molar-refractivity contribution in [2.24, 2.45) is 11.0 Å². The molecule has 2 atom stereocenters. The number of nitrogens with zero attached hydrogens (tertiary/aromatic N) is 3. The van der Waals surface area contributed by atoms with Crippen LogP contribution in [-0.2, 0) is 0 Å². The summed E-state index contributed by atoms with van der Waals surface area (Å²) in [7, 11) is 0. The number of allylic oxidation sites excluding steroid dienone is 1. The zero-order valence-corrected chi connectivity index (χ0v) is 18.8. The Bertz CT molecular complexity index is 1190. The van der Waals surface area contributed by atoms with E-state index in [1.807, 2.05) is 48.5 Å². The number of hydrogen-bond acceptors (Lipinski definition) is 3. The monoisotopic (exact) mass is 461 g/mol. The van der Waals surface area contributed by atoms with Gasteiger partial charge in [-0.05, 0) is 78.4 Å². The third kappa shape index (κ3) is 4.08. The second-order valence-corrected chi connectivity index (χ2v) is 8.97. The smallest absolute Gasteiger partial charge is 0.267 e. The van der Waals surface area contributed by atoms with Gasteiger partial charge < -0.3 is 0 Å². The van der Waals surface area contributed by atoms with Gasteiger partial charge in [-0.15, -0.1) is 0 Å². The average Bonchev–Trinajstić information content (AvgIpc) is 3.22. The Morgan fingerprint density at radius 2 is 1.72 bits per heavy atom. The molecule has 0 radical (unpaired) electrons. The van der Waals surface area contributed by atoms with Crippen molar-refractivity contribution in [3.05, 3.63) is 105 Å². The molecule has 0 bridgehead atoms. The summed E-state index contributed by atoms with van der Waals surface area (Å²) in [5, 5.41) is 7.93. The molecule has 1 aliphatic heterocycles. The Kier molecular flexibility index (Phi) is 5.81. The lowest BCUT2D eigenvalue weighted by atomic mass is 9.77. The van der Waals surface area contributed by atoms with Crippen molar-refractivity contribution >= 4 is 40.9 Å². The van der Waals surface area contributed by atoms with E-state index >= 15 is 0 Å². The SMILES string of the molecule is O=C(c1cccnc1)N1N=C2/C(=C\c3ccc(Cl)cc3)CCC[C@@H]2[C@H]1c1ccc(Cl)cc1. The lowest BCUT2D eigenvalue weighted by Gasteiger charge is -2.29. The zero-order chi connectivity index (χ0) is 22.1. The second-order valence-electron chi connectivity index (χ2n) is 8.09. The molecule has 2 aromatic carbocycles. The number of hydrogen-bond donors (Lipinski definition) is 0. The molecule has 2 aliphatic rings. The number of pyridine rings is 1. The van der Waals surface area contributed by atoms with Crippen LogP contribution in [0.15, 0.2) is 83.7 Å². The van der Waals surface area contributed by atoms with Crippen molar-refractivity contribution in [2.75, 3.05) is 0 Å². The number of carbonyl (C=O) groups excluding carboxylic acids is 1. The second kappa shape index (κ2) is 8.89. The summed E-state index contributed by atoms with van der Waals surface area (Å²) in [4.78, 5) is 17.6. The van der Waals surface area contributed by atoms with E-state index in [0.29, 0.717) is 15.6 Å². The third-order valence-electron chi connectivity index (χ3n) is 6.04. The van der Waals surface area contributed by atoms with Crippen molar-refractivity contribution in [3.8, 4) is 0 Å². The topological polar surface area (TPSA) is 45.6 Å². The summed E-state index contributed by atoms with van der Waals surface area (Å²) in [6.07, 6.45) is 8.37. The molecule has 1 aromatic heterocycles. The van der Waals surface area contributed by atoms with Crippen LogP contribution in [0, 0.1) is 5.92 Å². The summed E-state index contributed by atoms with van der Waals surface area (Å²) in [6.45, 7) is 0. The molecule has 1 fully saturated rings. The van der Waals surface area contributed by atoms with Crippen LogP contribution in [0.25, 0.3) is 6.08 Å². The lowest BCUT2D eigenvalue weighted by molar-refractivity contribution is 0.0680. The van der Waals surface area contributed by atoms with E-state index in [9.17, 15) is 4.79 Å². The predicted octanol–water partition coefficient (Wildman–Crippen LogP) is 6.83. The summed E-state index contributed by atoms with van der Waals surface area (Å²) in [5.41, 5.74) is 4.79. The van der Waals surface area contributed by atoms with Crippen molar-refractivity contribution < 1.29 is 4.79 Å². The maximum Gasteiger partial charge on any atom is 0.276 e. The number of halogens is 2. The molecule has 0 spiro atoms. The van der Waals surface area contributed by atoms with E-state index in [4.69, 9.17) is 28.3 Å². The van der Waals surface area contributed by atoms with Crippen molar-refractivity contribution in [1.82, 2.24) is 9.99 Å². The van der Waals surface area contributed by atoms with E-state index < -0.39 is 0 Å². The van der Waals surface area contributed by atoms with E-state index in [2.05, 4.69) is 11.1 Å². The number of benzene rings is 2. The van der Waals surface area contributed by atoms with Crippen LogP contribution >= 0.6 is 23.2 Å². The first kappa shape index (κ1) is 20.9. The van der Waals surface area contributed by atoms with Crippen LogP contribution in [0.1, 0.15) is 46.8 Å². The highest BCUT2D eigenvalue weighted by atomic mass is 35.5. The first-order valence-corrected chi connectivity index (χ1v) is 11.4. The fourth-order valence-electron chi connectivity index (χ4n) is 4.54. The summed E-state index contributed by atoms with van der Waals surface area (Å²) < 4.78 is 0. The normalized spacial score (nSPS) is 21.4. The molecule has 3 aromatic rings. The van der Waals surface area contributed by atoms with Gasteiger partial charge in [-0.1, -0.05) is 47.5 Å². The first-order valence-electron chi connectivity index (χ1n) is 10.6. The van der Waals surface area contributed by atoms with Crippen LogP contribution in [0.4, 0.5) is 0 Å². The highest BCUT2D eigenvalue weighted by molar-refractivity contribution is 6.30. The van der Waals surface area contributed by atoms with Crippen LogP contribution in [-0.4, -0.2) is 21.6 Å². The number of hydrazone groups is 1. The molecule has 1 amide bonds. The van der Waals surface area contributed by atoms with Gasteiger partial charge in [0.2, 0.25) is 0 Å². The number of fused-ring (bicyclic) bond motifs is 1. The van der Waals surface area contributed by atoms with Crippen LogP contribution < -0.4 is 0 Å². The summed E-state index contributed by atoms with van der Waals surface area (Å²) in [5.74, 6) is -0.0186. The average molecular weight is 462 g/mol. The number of rotatable bonds is 3. The number of amides is 1. The molecule has 32 heavy (non-hydrogen) atoms. The maximum atomic E-state index is 13.5. The van der Waals surface area contributed by atoms with Gasteiger partial charge in [0.15, 0.2) is 0 Å². The Morgan fingerprint density at radius 3 is 2.41 bits per heavy atom.